The van der Waals surface area contributed by atoms with E-state index in [0.717, 1.165) is 13.1 Å². The van der Waals surface area contributed by atoms with E-state index in [4.69, 9.17) is 9.47 Å². The minimum Gasteiger partial charge on any atom is -0.491 e. The normalized spacial score (nSPS) is 23.3. The van der Waals surface area contributed by atoms with Crippen molar-refractivity contribution in [2.45, 2.75) is 32.2 Å². The first-order chi connectivity index (χ1) is 11.0. The summed E-state index contributed by atoms with van der Waals surface area (Å²) in [6, 6.07) is 6.66. The van der Waals surface area contributed by atoms with E-state index < -0.39 is 6.10 Å². The number of benzene rings is 1. The highest BCUT2D eigenvalue weighted by Crippen LogP contribution is 2.14. The number of ether oxygens (including phenoxy) is 3. The van der Waals surface area contributed by atoms with Crippen molar-refractivity contribution >= 4 is 5.97 Å². The molecule has 6 nitrogen and oxygen atoms in total. The van der Waals surface area contributed by atoms with Gasteiger partial charge >= 0.3 is 5.97 Å². The molecule has 0 radical (unpaired) electrons. The first-order valence-corrected chi connectivity index (χ1v) is 7.85. The minimum atomic E-state index is -0.576. The second kappa shape index (κ2) is 8.29. The van der Waals surface area contributed by atoms with Gasteiger partial charge in [0.2, 0.25) is 0 Å². The van der Waals surface area contributed by atoms with Gasteiger partial charge in [-0.05, 0) is 38.1 Å². The monoisotopic (exact) mass is 323 g/mol. The van der Waals surface area contributed by atoms with Crippen LogP contribution in [-0.2, 0) is 9.47 Å². The second-order valence-corrected chi connectivity index (χ2v) is 5.96. The average molecular weight is 323 g/mol. The molecule has 1 aliphatic rings. The molecule has 2 rings (SSSR count). The fraction of sp³-hybridized carbons (Fsp3) is 0.588. The Morgan fingerprint density at radius 3 is 2.48 bits per heavy atom. The first kappa shape index (κ1) is 17.7. The largest absolute Gasteiger partial charge is 0.491 e. The van der Waals surface area contributed by atoms with Gasteiger partial charge in [0, 0.05) is 19.6 Å². The molecule has 0 spiro atoms. The molecule has 1 saturated heterocycles. The Labute approximate surface area is 136 Å². The van der Waals surface area contributed by atoms with Gasteiger partial charge in [0.05, 0.1) is 24.9 Å². The van der Waals surface area contributed by atoms with E-state index in [2.05, 4.69) is 9.64 Å². The number of esters is 1. The van der Waals surface area contributed by atoms with Gasteiger partial charge < -0.3 is 19.3 Å². The van der Waals surface area contributed by atoms with E-state index in [-0.39, 0.29) is 24.8 Å². The highest BCUT2D eigenvalue weighted by Gasteiger charge is 2.23. The number of rotatable bonds is 6. The van der Waals surface area contributed by atoms with Gasteiger partial charge in [-0.3, -0.25) is 4.90 Å². The molecule has 6 heteroatoms. The van der Waals surface area contributed by atoms with Crippen LogP contribution in [0.2, 0.25) is 0 Å². The van der Waals surface area contributed by atoms with Crippen molar-refractivity contribution in [3.63, 3.8) is 0 Å². The molecule has 23 heavy (non-hydrogen) atoms. The summed E-state index contributed by atoms with van der Waals surface area (Å²) in [7, 11) is 1.34. The van der Waals surface area contributed by atoms with Gasteiger partial charge in [-0.2, -0.15) is 0 Å². The van der Waals surface area contributed by atoms with Gasteiger partial charge in [0.1, 0.15) is 18.5 Å². The molecular formula is C17H25NO5. The van der Waals surface area contributed by atoms with E-state index in [1.807, 2.05) is 13.8 Å². The molecule has 0 unspecified atom stereocenters. The number of carbonyl (C=O) groups is 1. The van der Waals surface area contributed by atoms with Crippen LogP contribution in [0.15, 0.2) is 24.3 Å². The molecule has 1 aromatic carbocycles. The highest BCUT2D eigenvalue weighted by molar-refractivity contribution is 5.89. The second-order valence-electron chi connectivity index (χ2n) is 5.96. The molecule has 3 atom stereocenters. The van der Waals surface area contributed by atoms with Crippen LogP contribution in [0.4, 0.5) is 0 Å². The maximum Gasteiger partial charge on any atom is 0.337 e. The number of aliphatic hydroxyl groups is 1. The Morgan fingerprint density at radius 1 is 1.30 bits per heavy atom. The standard InChI is InChI=1S/C17H25NO5/c1-12-8-18(9-13(2)23-12)10-15(19)11-22-16-6-4-14(5-7-16)17(20)21-3/h4-7,12-13,15,19H,8-11H2,1-3H3/t12-,13-,15-/m1/s1. The van der Waals surface area contributed by atoms with Crippen LogP contribution >= 0.6 is 0 Å². The summed E-state index contributed by atoms with van der Waals surface area (Å²) in [6.07, 6.45) is -0.219. The number of morpholine rings is 1. The van der Waals surface area contributed by atoms with Crippen LogP contribution in [-0.4, -0.2) is 67.6 Å². The molecule has 0 aromatic heterocycles. The molecule has 1 fully saturated rings. The van der Waals surface area contributed by atoms with E-state index in [1.165, 1.54) is 7.11 Å². The lowest BCUT2D eigenvalue weighted by atomic mass is 10.2. The van der Waals surface area contributed by atoms with Gasteiger partial charge in [0.25, 0.3) is 0 Å². The summed E-state index contributed by atoms with van der Waals surface area (Å²) in [4.78, 5) is 13.5. The van der Waals surface area contributed by atoms with Crippen LogP contribution < -0.4 is 4.74 Å². The molecule has 1 N–H and O–H groups in total. The molecule has 0 amide bonds. The lowest BCUT2D eigenvalue weighted by Gasteiger charge is -2.36. The Bertz CT molecular complexity index is 494. The van der Waals surface area contributed by atoms with Crippen LogP contribution in [0.25, 0.3) is 0 Å². The van der Waals surface area contributed by atoms with Gasteiger partial charge in [-0.1, -0.05) is 0 Å². The molecule has 1 aromatic rings. The maximum absolute atomic E-state index is 11.3. The zero-order valence-electron chi connectivity index (χ0n) is 13.9. The van der Waals surface area contributed by atoms with E-state index in [0.29, 0.717) is 17.9 Å². The predicted molar refractivity (Wildman–Crippen MR) is 85.7 cm³/mol. The fourth-order valence-electron chi connectivity index (χ4n) is 2.78. The van der Waals surface area contributed by atoms with E-state index in [9.17, 15) is 9.90 Å². The quantitative estimate of drug-likeness (QED) is 0.797. The average Bonchev–Trinajstić information content (AvgIpc) is 2.51. The molecular weight excluding hydrogens is 298 g/mol. The zero-order chi connectivity index (χ0) is 16.8. The van der Waals surface area contributed by atoms with Crippen molar-refractivity contribution in [2.75, 3.05) is 33.4 Å². The predicted octanol–water partition coefficient (Wildman–Crippen LogP) is 1.32. The minimum absolute atomic E-state index is 0.178. The topological polar surface area (TPSA) is 68.2 Å². The Morgan fingerprint density at radius 2 is 1.91 bits per heavy atom. The molecule has 1 heterocycles. The number of hydrogen-bond acceptors (Lipinski definition) is 6. The summed E-state index contributed by atoms with van der Waals surface area (Å²) >= 11 is 0. The van der Waals surface area contributed by atoms with Crippen molar-refractivity contribution in [1.29, 1.82) is 0 Å². The Hall–Kier alpha value is -1.63. The van der Waals surface area contributed by atoms with Crippen molar-refractivity contribution < 1.29 is 24.1 Å². The van der Waals surface area contributed by atoms with Gasteiger partial charge in [0.15, 0.2) is 0 Å². The number of β-amino-alcohol motifs (C(OH)–C–C–N with tert-alkyl or cyclic N) is 1. The highest BCUT2D eigenvalue weighted by atomic mass is 16.5. The number of aliphatic hydroxyl groups excluding tert-OH is 1. The van der Waals surface area contributed by atoms with Crippen LogP contribution in [0.5, 0.6) is 5.75 Å². The third-order valence-electron chi connectivity index (χ3n) is 3.68. The summed E-state index contributed by atoms with van der Waals surface area (Å²) < 4.78 is 15.9. The number of carbonyl (C=O) groups excluding carboxylic acids is 1. The van der Waals surface area contributed by atoms with Crippen molar-refractivity contribution in [2.24, 2.45) is 0 Å². The first-order valence-electron chi connectivity index (χ1n) is 7.85. The molecule has 128 valence electrons. The number of hydrogen-bond donors (Lipinski definition) is 1. The molecule has 1 aliphatic heterocycles. The number of nitrogens with zero attached hydrogens (tertiary/aromatic N) is 1. The van der Waals surface area contributed by atoms with E-state index in [1.54, 1.807) is 24.3 Å². The van der Waals surface area contributed by atoms with Crippen LogP contribution in [0.3, 0.4) is 0 Å². The smallest absolute Gasteiger partial charge is 0.337 e. The summed E-state index contributed by atoms with van der Waals surface area (Å²) in [6.45, 7) is 6.46. The summed E-state index contributed by atoms with van der Waals surface area (Å²) in [5.41, 5.74) is 0.469. The molecule has 0 bridgehead atoms. The molecule has 0 saturated carbocycles. The molecule has 0 aliphatic carbocycles. The SMILES string of the molecule is COC(=O)c1ccc(OC[C@H](O)CN2C[C@@H](C)O[C@H](C)C2)cc1. The Kier molecular flexibility index (Phi) is 6.38. The lowest BCUT2D eigenvalue weighted by Crippen LogP contribution is -2.48. The van der Waals surface area contributed by atoms with Crippen LogP contribution in [0.1, 0.15) is 24.2 Å². The summed E-state index contributed by atoms with van der Waals surface area (Å²) in [5.74, 6) is 0.229. The zero-order valence-corrected chi connectivity index (χ0v) is 13.9. The number of methoxy groups -OCH3 is 1. The Balaban J connectivity index is 1.77. The van der Waals surface area contributed by atoms with Crippen molar-refractivity contribution in [3.05, 3.63) is 29.8 Å². The van der Waals surface area contributed by atoms with E-state index >= 15 is 0 Å². The van der Waals surface area contributed by atoms with Crippen molar-refractivity contribution in [3.8, 4) is 5.75 Å². The fourth-order valence-corrected chi connectivity index (χ4v) is 2.78. The summed E-state index contributed by atoms with van der Waals surface area (Å²) in [5, 5.41) is 10.1. The maximum atomic E-state index is 11.3. The lowest BCUT2D eigenvalue weighted by molar-refractivity contribution is -0.0786. The van der Waals surface area contributed by atoms with Crippen LogP contribution in [0, 0.1) is 0 Å². The van der Waals surface area contributed by atoms with Gasteiger partial charge in [-0.15, -0.1) is 0 Å². The van der Waals surface area contributed by atoms with Crippen molar-refractivity contribution in [1.82, 2.24) is 4.90 Å². The third-order valence-corrected chi connectivity index (χ3v) is 3.68. The third kappa shape index (κ3) is 5.49. The van der Waals surface area contributed by atoms with Gasteiger partial charge in [-0.25, -0.2) is 4.79 Å².